The largest absolute Gasteiger partial charge is 0.376 e. The van der Waals surface area contributed by atoms with Crippen molar-refractivity contribution in [3.05, 3.63) is 45.5 Å². The molecular weight excluding hydrogens is 330 g/mol. The smallest absolute Gasteiger partial charge is 0.267 e. The Balaban J connectivity index is 1.36. The summed E-state index contributed by atoms with van der Waals surface area (Å²) in [7, 11) is 0. The third-order valence-electron chi connectivity index (χ3n) is 5.63. The average molecular weight is 353 g/mol. The van der Waals surface area contributed by atoms with Gasteiger partial charge in [0.05, 0.1) is 37.2 Å². The SMILES string of the molecule is O=c1cc2c(nn1CC1CCCN1c1ccc(C3CC3)nn1)CCOC2. The van der Waals surface area contributed by atoms with Crippen molar-refractivity contribution >= 4 is 5.82 Å². The average Bonchev–Trinajstić information content (AvgIpc) is 3.42. The summed E-state index contributed by atoms with van der Waals surface area (Å²) in [5.41, 5.74) is 2.99. The molecule has 1 aliphatic carbocycles. The number of rotatable bonds is 4. The molecule has 136 valence electrons. The monoisotopic (exact) mass is 353 g/mol. The molecule has 1 unspecified atom stereocenters. The predicted molar refractivity (Wildman–Crippen MR) is 96.2 cm³/mol. The van der Waals surface area contributed by atoms with Crippen molar-refractivity contribution < 1.29 is 4.74 Å². The zero-order valence-electron chi connectivity index (χ0n) is 14.8. The Bertz CT molecular complexity index is 859. The molecule has 5 rings (SSSR count). The first-order chi connectivity index (χ1) is 12.8. The van der Waals surface area contributed by atoms with E-state index in [0.717, 1.165) is 48.6 Å². The van der Waals surface area contributed by atoms with Crippen molar-refractivity contribution in [1.29, 1.82) is 0 Å². The number of anilines is 1. The van der Waals surface area contributed by atoms with Crippen molar-refractivity contribution in [2.75, 3.05) is 18.1 Å². The molecule has 3 aliphatic rings. The molecule has 2 fully saturated rings. The second kappa shape index (κ2) is 6.46. The first-order valence-corrected chi connectivity index (χ1v) is 9.56. The van der Waals surface area contributed by atoms with Crippen LogP contribution in [0.5, 0.6) is 0 Å². The zero-order chi connectivity index (χ0) is 17.5. The molecule has 26 heavy (non-hydrogen) atoms. The van der Waals surface area contributed by atoms with Gasteiger partial charge in [0.1, 0.15) is 0 Å². The lowest BCUT2D eigenvalue weighted by atomic mass is 10.1. The lowest BCUT2D eigenvalue weighted by Crippen LogP contribution is -2.38. The second-order valence-corrected chi connectivity index (χ2v) is 7.52. The first kappa shape index (κ1) is 15.9. The lowest BCUT2D eigenvalue weighted by Gasteiger charge is -2.26. The van der Waals surface area contributed by atoms with Gasteiger partial charge in [0, 0.05) is 30.5 Å². The highest BCUT2D eigenvalue weighted by Crippen LogP contribution is 2.39. The van der Waals surface area contributed by atoms with Crippen LogP contribution in [-0.4, -0.2) is 39.2 Å². The van der Waals surface area contributed by atoms with Crippen LogP contribution in [0.15, 0.2) is 23.0 Å². The fraction of sp³-hybridized carbons (Fsp3) is 0.579. The lowest BCUT2D eigenvalue weighted by molar-refractivity contribution is 0.108. The predicted octanol–water partition coefficient (Wildman–Crippen LogP) is 1.65. The Labute approximate surface area is 152 Å². The fourth-order valence-corrected chi connectivity index (χ4v) is 4.00. The molecule has 2 aliphatic heterocycles. The van der Waals surface area contributed by atoms with E-state index in [0.29, 0.717) is 25.7 Å². The Hall–Kier alpha value is -2.28. The minimum Gasteiger partial charge on any atom is -0.376 e. The van der Waals surface area contributed by atoms with Gasteiger partial charge in [0.25, 0.3) is 5.56 Å². The topological polar surface area (TPSA) is 73.1 Å². The highest BCUT2D eigenvalue weighted by atomic mass is 16.5. The molecule has 1 saturated carbocycles. The molecule has 2 aromatic heterocycles. The van der Waals surface area contributed by atoms with Crippen molar-refractivity contribution in [2.24, 2.45) is 0 Å². The maximum Gasteiger partial charge on any atom is 0.267 e. The van der Waals surface area contributed by atoms with E-state index in [2.05, 4.69) is 32.3 Å². The molecule has 0 amide bonds. The van der Waals surface area contributed by atoms with Gasteiger partial charge in [-0.25, -0.2) is 4.68 Å². The fourth-order valence-electron chi connectivity index (χ4n) is 4.00. The van der Waals surface area contributed by atoms with Crippen LogP contribution in [0.1, 0.15) is 48.6 Å². The number of fused-ring (bicyclic) bond motifs is 1. The van der Waals surface area contributed by atoms with Gasteiger partial charge in [-0.15, -0.1) is 5.10 Å². The van der Waals surface area contributed by atoms with Crippen LogP contribution < -0.4 is 10.5 Å². The van der Waals surface area contributed by atoms with E-state index in [1.54, 1.807) is 10.7 Å². The van der Waals surface area contributed by atoms with Crippen molar-refractivity contribution in [3.8, 4) is 0 Å². The van der Waals surface area contributed by atoms with E-state index < -0.39 is 0 Å². The molecule has 1 atom stereocenters. The summed E-state index contributed by atoms with van der Waals surface area (Å²) in [6.45, 7) is 2.72. The van der Waals surface area contributed by atoms with Crippen LogP contribution in [-0.2, 0) is 24.3 Å². The number of ether oxygens (including phenoxy) is 1. The van der Waals surface area contributed by atoms with Gasteiger partial charge in [0.15, 0.2) is 5.82 Å². The first-order valence-electron chi connectivity index (χ1n) is 9.56. The van der Waals surface area contributed by atoms with Crippen LogP contribution in [0.4, 0.5) is 5.82 Å². The van der Waals surface area contributed by atoms with Crippen molar-refractivity contribution in [2.45, 2.75) is 57.2 Å². The van der Waals surface area contributed by atoms with E-state index in [4.69, 9.17) is 4.74 Å². The Morgan fingerprint density at radius 1 is 1.19 bits per heavy atom. The van der Waals surface area contributed by atoms with Crippen molar-refractivity contribution in [1.82, 2.24) is 20.0 Å². The number of aromatic nitrogens is 4. The van der Waals surface area contributed by atoms with Crippen LogP contribution in [0, 0.1) is 0 Å². The van der Waals surface area contributed by atoms with Gasteiger partial charge in [-0.1, -0.05) is 0 Å². The van der Waals surface area contributed by atoms with E-state index in [1.807, 2.05) is 0 Å². The Morgan fingerprint density at radius 2 is 2.12 bits per heavy atom. The molecule has 2 aromatic rings. The van der Waals surface area contributed by atoms with Crippen LogP contribution >= 0.6 is 0 Å². The van der Waals surface area contributed by atoms with Gasteiger partial charge in [0.2, 0.25) is 0 Å². The summed E-state index contributed by atoms with van der Waals surface area (Å²) in [5.74, 6) is 1.53. The third kappa shape index (κ3) is 3.00. The molecular formula is C19H23N5O2. The molecule has 0 spiro atoms. The van der Waals surface area contributed by atoms with Gasteiger partial charge >= 0.3 is 0 Å². The zero-order valence-corrected chi connectivity index (χ0v) is 14.8. The maximum absolute atomic E-state index is 12.4. The molecule has 7 nitrogen and oxygen atoms in total. The van der Waals surface area contributed by atoms with E-state index in [9.17, 15) is 4.79 Å². The van der Waals surface area contributed by atoms with E-state index in [1.165, 1.54) is 12.8 Å². The molecule has 0 N–H and O–H groups in total. The Morgan fingerprint density at radius 3 is 2.92 bits per heavy atom. The standard InChI is InChI=1S/C19H23N5O2/c25-19-10-14-12-26-9-7-17(14)22-24(19)11-15-2-1-8-23(15)18-6-5-16(20-21-18)13-3-4-13/h5-6,10,13,15H,1-4,7-9,11-12H2. The number of hydrogen-bond acceptors (Lipinski definition) is 6. The quantitative estimate of drug-likeness (QED) is 0.832. The molecule has 4 heterocycles. The highest BCUT2D eigenvalue weighted by molar-refractivity contribution is 5.40. The van der Waals surface area contributed by atoms with Crippen LogP contribution in [0.3, 0.4) is 0 Å². The molecule has 0 aromatic carbocycles. The van der Waals surface area contributed by atoms with E-state index in [-0.39, 0.29) is 11.6 Å². The summed E-state index contributed by atoms with van der Waals surface area (Å²) in [6, 6.07) is 6.11. The van der Waals surface area contributed by atoms with Crippen LogP contribution in [0.2, 0.25) is 0 Å². The number of nitrogens with zero attached hydrogens (tertiary/aromatic N) is 5. The number of hydrogen-bond donors (Lipinski definition) is 0. The van der Waals surface area contributed by atoms with Gasteiger partial charge in [-0.05, 0) is 37.8 Å². The van der Waals surface area contributed by atoms with Gasteiger partial charge < -0.3 is 9.64 Å². The highest BCUT2D eigenvalue weighted by Gasteiger charge is 2.29. The van der Waals surface area contributed by atoms with Crippen LogP contribution in [0.25, 0.3) is 0 Å². The summed E-state index contributed by atoms with van der Waals surface area (Å²) < 4.78 is 7.04. The molecule has 7 heteroatoms. The molecule has 0 bridgehead atoms. The molecule has 0 radical (unpaired) electrons. The Kier molecular flexibility index (Phi) is 3.96. The molecule has 1 saturated heterocycles. The second-order valence-electron chi connectivity index (χ2n) is 7.52. The van der Waals surface area contributed by atoms with Gasteiger partial charge in [-0.2, -0.15) is 10.2 Å². The van der Waals surface area contributed by atoms with Gasteiger partial charge in [-0.3, -0.25) is 4.79 Å². The third-order valence-corrected chi connectivity index (χ3v) is 5.63. The summed E-state index contributed by atoms with van der Waals surface area (Å²) in [5, 5.41) is 13.5. The summed E-state index contributed by atoms with van der Waals surface area (Å²) in [6.07, 6.45) is 5.39. The maximum atomic E-state index is 12.4. The minimum absolute atomic E-state index is 0.0451. The minimum atomic E-state index is -0.0451. The normalized spacial score (nSPS) is 22.5. The van der Waals surface area contributed by atoms with Crippen molar-refractivity contribution in [3.63, 3.8) is 0 Å². The van der Waals surface area contributed by atoms with E-state index >= 15 is 0 Å². The summed E-state index contributed by atoms with van der Waals surface area (Å²) in [4.78, 5) is 14.7. The summed E-state index contributed by atoms with van der Waals surface area (Å²) >= 11 is 0.